The molecule has 3 aromatic heterocycles. The molecule has 0 fully saturated rings. The number of H-pyrrole nitrogens is 1. The van der Waals surface area contributed by atoms with Crippen molar-refractivity contribution in [2.24, 2.45) is 0 Å². The van der Waals surface area contributed by atoms with E-state index in [4.69, 9.17) is 0 Å². The number of unbranched alkanes of at least 4 members (excludes halogenated alkanes) is 1. The Balaban J connectivity index is 1.54. The van der Waals surface area contributed by atoms with Crippen LogP contribution in [0.1, 0.15) is 66.7 Å². The van der Waals surface area contributed by atoms with Gasteiger partial charge in [0.25, 0.3) is 0 Å². The second-order valence-electron chi connectivity index (χ2n) is 10.00. The number of aromatic carboxylic acids is 1. The predicted molar refractivity (Wildman–Crippen MR) is 152 cm³/mol. The number of pyridine rings is 1. The zero-order chi connectivity index (χ0) is 28.2. The third kappa shape index (κ3) is 5.20. The van der Waals surface area contributed by atoms with E-state index < -0.39 is 5.97 Å². The average molecular weight is 538 g/mol. The Morgan fingerprint density at radius 1 is 1.07 bits per heavy atom. The van der Waals surface area contributed by atoms with Crippen LogP contribution in [0.5, 0.6) is 0 Å². The topological polar surface area (TPSA) is 132 Å². The van der Waals surface area contributed by atoms with E-state index in [1.54, 1.807) is 22.9 Å². The molecule has 40 heavy (non-hydrogen) atoms. The number of aryl methyl sites for hydroxylation is 1. The molecular weight excluding hydrogens is 506 g/mol. The number of hydrogen-bond acceptors (Lipinski definition) is 6. The minimum Gasteiger partial charge on any atom is -0.478 e. The van der Waals surface area contributed by atoms with Crippen LogP contribution in [0, 0.1) is 0 Å². The number of aromatic amines is 1. The first-order valence-corrected chi connectivity index (χ1v) is 13.3. The largest absolute Gasteiger partial charge is 0.478 e. The van der Waals surface area contributed by atoms with Gasteiger partial charge < -0.3 is 5.11 Å². The molecule has 2 N–H and O–H groups in total. The van der Waals surface area contributed by atoms with Gasteiger partial charge in [-0.2, -0.15) is 5.21 Å². The predicted octanol–water partition coefficient (Wildman–Crippen LogP) is 5.09. The molecule has 10 nitrogen and oxygen atoms in total. The van der Waals surface area contributed by atoms with Crippen LogP contribution in [0.4, 0.5) is 0 Å². The molecule has 5 aromatic rings. The average Bonchev–Trinajstić information content (AvgIpc) is 3.61. The van der Waals surface area contributed by atoms with E-state index >= 15 is 0 Å². The maximum atomic E-state index is 13.9. The number of imidazole rings is 1. The summed E-state index contributed by atoms with van der Waals surface area (Å²) in [5.41, 5.74) is 5.37. The van der Waals surface area contributed by atoms with Gasteiger partial charge in [0.15, 0.2) is 0 Å². The van der Waals surface area contributed by atoms with Gasteiger partial charge in [-0.3, -0.25) is 14.1 Å². The SMILES string of the molecule is CCCCc1cn(-c2c(C(=O)O)cccc2C(C)C)c(=O)n1Cc1ccc(-c2cccnc2-c2nn[nH]n2)cc1. The number of carboxylic acid groups (broad SMARTS) is 1. The van der Waals surface area contributed by atoms with Crippen LogP contribution in [-0.2, 0) is 13.0 Å². The summed E-state index contributed by atoms with van der Waals surface area (Å²) >= 11 is 0. The Bertz CT molecular complexity index is 1680. The Morgan fingerprint density at radius 3 is 2.55 bits per heavy atom. The highest BCUT2D eigenvalue weighted by Gasteiger charge is 2.22. The summed E-state index contributed by atoms with van der Waals surface area (Å²) in [4.78, 5) is 30.5. The third-order valence-corrected chi connectivity index (χ3v) is 6.98. The molecule has 3 heterocycles. The minimum absolute atomic E-state index is 0.0426. The van der Waals surface area contributed by atoms with Gasteiger partial charge in [0.05, 0.1) is 17.8 Å². The molecule has 0 aliphatic rings. The maximum Gasteiger partial charge on any atom is 0.337 e. The lowest BCUT2D eigenvalue weighted by molar-refractivity contribution is 0.0696. The van der Waals surface area contributed by atoms with Crippen molar-refractivity contribution in [1.82, 2.24) is 34.7 Å². The van der Waals surface area contributed by atoms with Crippen molar-refractivity contribution < 1.29 is 9.90 Å². The fourth-order valence-electron chi connectivity index (χ4n) is 4.93. The number of carboxylic acids is 1. The highest BCUT2D eigenvalue weighted by molar-refractivity contribution is 5.92. The second-order valence-corrected chi connectivity index (χ2v) is 10.00. The standard InChI is InChI=1S/C30H31N7O3/c1-4-5-8-22-18-37(27-23(19(2)3)9-6-10-25(27)29(38)39)30(40)36(22)17-20-12-14-21(15-13-20)24-11-7-16-31-26(24)28-32-34-35-33-28/h6-7,9-16,18-19H,4-5,8,17H2,1-3H3,(H,38,39)(H,32,33,34,35). The monoisotopic (exact) mass is 537 g/mol. The van der Waals surface area contributed by atoms with Gasteiger partial charge in [-0.05, 0) is 52.8 Å². The van der Waals surface area contributed by atoms with Crippen molar-refractivity contribution in [3.05, 3.63) is 99.9 Å². The van der Waals surface area contributed by atoms with Crippen LogP contribution in [0.2, 0.25) is 0 Å². The zero-order valence-electron chi connectivity index (χ0n) is 22.7. The molecule has 0 spiro atoms. The number of aromatic nitrogens is 7. The molecule has 0 amide bonds. The summed E-state index contributed by atoms with van der Waals surface area (Å²) in [5, 5.41) is 24.2. The molecule has 0 radical (unpaired) electrons. The van der Waals surface area contributed by atoms with Crippen LogP contribution < -0.4 is 5.69 Å². The van der Waals surface area contributed by atoms with E-state index in [0.29, 0.717) is 30.2 Å². The summed E-state index contributed by atoms with van der Waals surface area (Å²) < 4.78 is 3.27. The van der Waals surface area contributed by atoms with Gasteiger partial charge in [0.2, 0.25) is 5.82 Å². The third-order valence-electron chi connectivity index (χ3n) is 6.98. The summed E-state index contributed by atoms with van der Waals surface area (Å²) in [6, 6.07) is 16.9. The molecular formula is C30H31N7O3. The zero-order valence-corrected chi connectivity index (χ0v) is 22.7. The lowest BCUT2D eigenvalue weighted by atomic mass is 9.97. The van der Waals surface area contributed by atoms with Crippen molar-refractivity contribution in [3.63, 3.8) is 0 Å². The normalized spacial score (nSPS) is 11.3. The minimum atomic E-state index is -1.06. The highest BCUT2D eigenvalue weighted by atomic mass is 16.4. The summed E-state index contributed by atoms with van der Waals surface area (Å²) in [6.07, 6.45) is 6.11. The quantitative estimate of drug-likeness (QED) is 0.253. The smallest absolute Gasteiger partial charge is 0.337 e. The molecule has 0 bridgehead atoms. The summed E-state index contributed by atoms with van der Waals surface area (Å²) in [6.45, 7) is 6.47. The number of tetrazole rings is 1. The van der Waals surface area contributed by atoms with Crippen molar-refractivity contribution in [3.8, 4) is 28.3 Å². The van der Waals surface area contributed by atoms with Crippen LogP contribution in [-0.4, -0.2) is 45.8 Å². The number of nitrogens with one attached hydrogen (secondary N) is 1. The molecule has 10 heteroatoms. The second kappa shape index (κ2) is 11.5. The van der Waals surface area contributed by atoms with Gasteiger partial charge in [0, 0.05) is 23.7 Å². The van der Waals surface area contributed by atoms with E-state index in [9.17, 15) is 14.7 Å². The van der Waals surface area contributed by atoms with Gasteiger partial charge >= 0.3 is 11.7 Å². The molecule has 0 aliphatic carbocycles. The van der Waals surface area contributed by atoms with Crippen molar-refractivity contribution in [2.45, 2.75) is 52.5 Å². The van der Waals surface area contributed by atoms with Crippen LogP contribution >= 0.6 is 0 Å². The van der Waals surface area contributed by atoms with Gasteiger partial charge in [0.1, 0.15) is 5.69 Å². The van der Waals surface area contributed by atoms with E-state index in [2.05, 4.69) is 32.5 Å². The Kier molecular flexibility index (Phi) is 7.68. The van der Waals surface area contributed by atoms with Crippen molar-refractivity contribution in [1.29, 1.82) is 0 Å². The Hall–Kier alpha value is -4.86. The fraction of sp³-hybridized carbons (Fsp3) is 0.267. The molecule has 0 saturated carbocycles. The molecule has 5 rings (SSSR count). The Labute approximate surface area is 231 Å². The number of nitrogens with zero attached hydrogens (tertiary/aromatic N) is 6. The number of hydrogen-bond donors (Lipinski definition) is 2. The first-order chi connectivity index (χ1) is 19.4. The molecule has 0 atom stereocenters. The molecule has 2 aromatic carbocycles. The lowest BCUT2D eigenvalue weighted by Crippen LogP contribution is -2.26. The van der Waals surface area contributed by atoms with Crippen LogP contribution in [0.3, 0.4) is 0 Å². The van der Waals surface area contributed by atoms with Crippen molar-refractivity contribution >= 4 is 5.97 Å². The highest BCUT2D eigenvalue weighted by Crippen LogP contribution is 2.29. The van der Waals surface area contributed by atoms with E-state index in [-0.39, 0.29) is 17.2 Å². The Morgan fingerprint density at radius 2 is 1.88 bits per heavy atom. The van der Waals surface area contributed by atoms with Gasteiger partial charge in [-0.1, -0.05) is 69.7 Å². The summed E-state index contributed by atoms with van der Waals surface area (Å²) in [5.74, 6) is -0.602. The number of carbonyl (C=O) groups is 1. The number of rotatable bonds is 10. The van der Waals surface area contributed by atoms with Crippen LogP contribution in [0.25, 0.3) is 28.3 Å². The van der Waals surface area contributed by atoms with Crippen LogP contribution in [0.15, 0.2) is 71.8 Å². The van der Waals surface area contributed by atoms with Gasteiger partial charge in [-0.25, -0.2) is 9.59 Å². The summed E-state index contributed by atoms with van der Waals surface area (Å²) in [7, 11) is 0. The molecule has 204 valence electrons. The molecule has 0 unspecified atom stereocenters. The first kappa shape index (κ1) is 26.7. The molecule has 0 saturated heterocycles. The van der Waals surface area contributed by atoms with E-state index in [1.807, 2.05) is 62.5 Å². The molecule has 0 aliphatic heterocycles. The van der Waals surface area contributed by atoms with E-state index in [0.717, 1.165) is 40.8 Å². The fourth-order valence-corrected chi connectivity index (χ4v) is 4.93. The number of para-hydroxylation sites is 1. The lowest BCUT2D eigenvalue weighted by Gasteiger charge is -2.15. The number of benzene rings is 2. The van der Waals surface area contributed by atoms with Gasteiger partial charge in [-0.15, -0.1) is 10.2 Å². The van der Waals surface area contributed by atoms with E-state index in [1.165, 1.54) is 4.57 Å². The first-order valence-electron chi connectivity index (χ1n) is 13.3. The maximum absolute atomic E-state index is 13.9. The van der Waals surface area contributed by atoms with Crippen molar-refractivity contribution in [2.75, 3.05) is 0 Å².